The van der Waals surface area contributed by atoms with Crippen molar-refractivity contribution in [3.8, 4) is 0 Å². The molecule has 2 heterocycles. The van der Waals surface area contributed by atoms with Crippen LogP contribution >= 0.6 is 0 Å². The molecule has 4 nitrogen and oxygen atoms in total. The van der Waals surface area contributed by atoms with Crippen molar-refractivity contribution in [2.45, 2.75) is 52.1 Å². The Hall–Kier alpha value is -0.610. The molecule has 0 spiro atoms. The molecule has 1 amide bonds. The highest BCUT2D eigenvalue weighted by atomic mass is 16.2. The summed E-state index contributed by atoms with van der Waals surface area (Å²) in [6.07, 6.45) is 3.58. The average Bonchev–Trinajstić information content (AvgIpc) is 2.93. The van der Waals surface area contributed by atoms with E-state index in [1.54, 1.807) is 0 Å². The van der Waals surface area contributed by atoms with Crippen LogP contribution in [0.3, 0.4) is 0 Å². The second kappa shape index (κ2) is 6.02. The van der Waals surface area contributed by atoms with Gasteiger partial charge in [0.1, 0.15) is 0 Å². The third kappa shape index (κ3) is 3.23. The molecule has 0 aliphatic carbocycles. The van der Waals surface area contributed by atoms with Gasteiger partial charge < -0.3 is 4.90 Å². The minimum absolute atomic E-state index is 0.0516. The first kappa shape index (κ1) is 13.8. The predicted molar refractivity (Wildman–Crippen MR) is 73.2 cm³/mol. The molecule has 0 aromatic carbocycles. The van der Waals surface area contributed by atoms with Crippen molar-refractivity contribution < 1.29 is 4.79 Å². The van der Waals surface area contributed by atoms with E-state index in [1.807, 2.05) is 4.90 Å². The predicted octanol–water partition coefficient (Wildman–Crippen LogP) is 1.27. The lowest BCUT2D eigenvalue weighted by atomic mass is 10.0. The Morgan fingerprint density at radius 1 is 1.28 bits per heavy atom. The normalized spacial score (nSPS) is 27.4. The molecular formula is C14H27N3O. The van der Waals surface area contributed by atoms with Gasteiger partial charge in [0, 0.05) is 12.6 Å². The Morgan fingerprint density at radius 2 is 1.94 bits per heavy atom. The van der Waals surface area contributed by atoms with E-state index in [0.717, 1.165) is 19.6 Å². The fourth-order valence-corrected chi connectivity index (χ4v) is 3.03. The standard InChI is InChI=1S/C14H27N3O/c1-11(2)8-13-14(18)17(10-15-13)9-12(3)16-6-4-5-7-16/h11-13,15H,4-10H2,1-3H3. The van der Waals surface area contributed by atoms with Gasteiger partial charge in [0.15, 0.2) is 0 Å². The molecule has 2 fully saturated rings. The second-order valence-electron chi connectivity index (χ2n) is 6.20. The van der Waals surface area contributed by atoms with Crippen LogP contribution < -0.4 is 5.32 Å². The third-order valence-electron chi connectivity index (χ3n) is 4.09. The first-order chi connectivity index (χ1) is 8.58. The highest BCUT2D eigenvalue weighted by Crippen LogP contribution is 2.16. The van der Waals surface area contributed by atoms with Gasteiger partial charge in [-0.25, -0.2) is 0 Å². The molecule has 2 aliphatic heterocycles. The molecule has 0 saturated carbocycles. The lowest BCUT2D eigenvalue weighted by Crippen LogP contribution is -2.42. The monoisotopic (exact) mass is 253 g/mol. The van der Waals surface area contributed by atoms with Gasteiger partial charge >= 0.3 is 0 Å². The maximum absolute atomic E-state index is 12.2. The topological polar surface area (TPSA) is 35.6 Å². The number of hydrogen-bond acceptors (Lipinski definition) is 3. The minimum Gasteiger partial charge on any atom is -0.327 e. The van der Waals surface area contributed by atoms with Gasteiger partial charge in [0.25, 0.3) is 0 Å². The van der Waals surface area contributed by atoms with E-state index < -0.39 is 0 Å². The van der Waals surface area contributed by atoms with Gasteiger partial charge in [-0.05, 0) is 45.2 Å². The smallest absolute Gasteiger partial charge is 0.240 e. The van der Waals surface area contributed by atoms with Gasteiger partial charge in [-0.15, -0.1) is 0 Å². The summed E-state index contributed by atoms with van der Waals surface area (Å²) in [5, 5.41) is 3.34. The Morgan fingerprint density at radius 3 is 2.56 bits per heavy atom. The van der Waals surface area contributed by atoms with Crippen LogP contribution in [-0.2, 0) is 4.79 Å². The van der Waals surface area contributed by atoms with Crippen LogP contribution in [0.15, 0.2) is 0 Å². The SMILES string of the molecule is CC(C)CC1NCN(CC(C)N2CCCC2)C1=O. The lowest BCUT2D eigenvalue weighted by Gasteiger charge is -2.28. The summed E-state index contributed by atoms with van der Waals surface area (Å²) in [6, 6.07) is 0.548. The maximum atomic E-state index is 12.2. The van der Waals surface area contributed by atoms with Crippen molar-refractivity contribution in [1.82, 2.24) is 15.1 Å². The first-order valence-corrected chi connectivity index (χ1v) is 7.34. The van der Waals surface area contributed by atoms with Crippen LogP contribution in [-0.4, -0.2) is 54.1 Å². The lowest BCUT2D eigenvalue weighted by molar-refractivity contribution is -0.129. The van der Waals surface area contributed by atoms with Gasteiger partial charge in [0.05, 0.1) is 12.7 Å². The maximum Gasteiger partial charge on any atom is 0.240 e. The molecular weight excluding hydrogens is 226 g/mol. The molecule has 2 aliphatic rings. The van der Waals surface area contributed by atoms with Gasteiger partial charge in [-0.2, -0.15) is 0 Å². The highest BCUT2D eigenvalue weighted by molar-refractivity contribution is 5.83. The number of rotatable bonds is 5. The van der Waals surface area contributed by atoms with E-state index in [2.05, 4.69) is 31.0 Å². The number of carbonyl (C=O) groups is 1. The molecule has 2 rings (SSSR count). The molecule has 104 valence electrons. The van der Waals surface area contributed by atoms with Crippen LogP contribution in [0.2, 0.25) is 0 Å². The summed E-state index contributed by atoms with van der Waals surface area (Å²) in [5.74, 6) is 0.872. The van der Waals surface area contributed by atoms with E-state index in [-0.39, 0.29) is 6.04 Å². The Bertz CT molecular complexity index is 287. The molecule has 4 heteroatoms. The summed E-state index contributed by atoms with van der Waals surface area (Å²) < 4.78 is 0. The van der Waals surface area contributed by atoms with E-state index in [9.17, 15) is 4.79 Å². The van der Waals surface area contributed by atoms with E-state index in [1.165, 1.54) is 25.9 Å². The molecule has 18 heavy (non-hydrogen) atoms. The third-order valence-corrected chi connectivity index (χ3v) is 4.09. The van der Waals surface area contributed by atoms with Crippen molar-refractivity contribution in [3.05, 3.63) is 0 Å². The Labute approximate surface area is 111 Å². The molecule has 0 bridgehead atoms. The summed E-state index contributed by atoms with van der Waals surface area (Å²) in [5.41, 5.74) is 0. The Kier molecular flexibility index (Phi) is 4.62. The molecule has 0 radical (unpaired) electrons. The second-order valence-corrected chi connectivity index (χ2v) is 6.20. The number of amides is 1. The van der Waals surface area contributed by atoms with Crippen molar-refractivity contribution >= 4 is 5.91 Å². The van der Waals surface area contributed by atoms with Crippen LogP contribution in [0.25, 0.3) is 0 Å². The molecule has 0 aromatic rings. The summed E-state index contributed by atoms with van der Waals surface area (Å²) in [6.45, 7) is 10.6. The fraction of sp³-hybridized carbons (Fsp3) is 0.929. The largest absolute Gasteiger partial charge is 0.327 e. The quantitative estimate of drug-likeness (QED) is 0.801. The number of nitrogens with zero attached hydrogens (tertiary/aromatic N) is 2. The van der Waals surface area contributed by atoms with E-state index in [0.29, 0.717) is 17.9 Å². The van der Waals surface area contributed by atoms with Crippen molar-refractivity contribution in [1.29, 1.82) is 0 Å². The molecule has 2 unspecified atom stereocenters. The number of likely N-dealkylation sites (tertiary alicyclic amines) is 1. The summed E-state index contributed by atoms with van der Waals surface area (Å²) in [4.78, 5) is 16.7. The molecule has 2 saturated heterocycles. The summed E-state index contributed by atoms with van der Waals surface area (Å²) in [7, 11) is 0. The van der Waals surface area contributed by atoms with Gasteiger partial charge in [-0.1, -0.05) is 13.8 Å². The zero-order chi connectivity index (χ0) is 13.1. The zero-order valence-electron chi connectivity index (χ0n) is 12.0. The first-order valence-electron chi connectivity index (χ1n) is 7.34. The minimum atomic E-state index is 0.0516. The summed E-state index contributed by atoms with van der Waals surface area (Å²) >= 11 is 0. The van der Waals surface area contributed by atoms with Gasteiger partial charge in [0.2, 0.25) is 5.91 Å². The number of carbonyl (C=O) groups excluding carboxylic acids is 1. The van der Waals surface area contributed by atoms with Crippen LogP contribution in [0.1, 0.15) is 40.0 Å². The van der Waals surface area contributed by atoms with Crippen molar-refractivity contribution in [2.24, 2.45) is 5.92 Å². The number of hydrogen-bond donors (Lipinski definition) is 1. The van der Waals surface area contributed by atoms with Gasteiger partial charge in [-0.3, -0.25) is 15.0 Å². The van der Waals surface area contributed by atoms with Crippen LogP contribution in [0.4, 0.5) is 0 Å². The Balaban J connectivity index is 1.81. The molecule has 1 N–H and O–H groups in total. The zero-order valence-corrected chi connectivity index (χ0v) is 12.0. The van der Waals surface area contributed by atoms with Crippen molar-refractivity contribution in [3.63, 3.8) is 0 Å². The number of nitrogens with one attached hydrogen (secondary N) is 1. The fourth-order valence-electron chi connectivity index (χ4n) is 3.03. The molecule has 0 aromatic heterocycles. The molecule has 2 atom stereocenters. The van der Waals surface area contributed by atoms with Crippen LogP contribution in [0.5, 0.6) is 0 Å². The average molecular weight is 253 g/mol. The van der Waals surface area contributed by atoms with E-state index >= 15 is 0 Å². The van der Waals surface area contributed by atoms with Crippen molar-refractivity contribution in [2.75, 3.05) is 26.3 Å². The van der Waals surface area contributed by atoms with E-state index in [4.69, 9.17) is 0 Å². The highest BCUT2D eigenvalue weighted by Gasteiger charge is 2.33. The van der Waals surface area contributed by atoms with Crippen LogP contribution in [0, 0.1) is 5.92 Å².